The molecule has 0 atom stereocenters. The molecule has 0 radical (unpaired) electrons. The SMILES string of the molecule is C=CCn1c(SCc2cc(F)ccc2F)nnc1-c1cc(OC)cc(OC)c1. The molecule has 5 nitrogen and oxygen atoms in total. The first-order valence-electron chi connectivity index (χ1n) is 8.40. The third-order valence-electron chi connectivity index (χ3n) is 4.00. The van der Waals surface area contributed by atoms with E-state index in [1.807, 2.05) is 16.7 Å². The standard InChI is InChI=1S/C20H19F2N3O2S/c1-4-7-25-19(13-9-16(26-2)11-17(10-13)27-3)23-24-20(25)28-12-14-8-15(21)5-6-18(14)22/h4-6,8-11H,1,7,12H2,2-3H3. The van der Waals surface area contributed by atoms with Crippen LogP contribution in [0.1, 0.15) is 5.56 Å². The van der Waals surface area contributed by atoms with Crippen LogP contribution in [-0.4, -0.2) is 29.0 Å². The molecule has 0 unspecified atom stereocenters. The number of halogens is 2. The van der Waals surface area contributed by atoms with Crippen LogP contribution in [0.15, 0.2) is 54.2 Å². The van der Waals surface area contributed by atoms with Crippen LogP contribution in [0.3, 0.4) is 0 Å². The van der Waals surface area contributed by atoms with Crippen molar-refractivity contribution < 1.29 is 18.3 Å². The van der Waals surface area contributed by atoms with Gasteiger partial charge in [-0.3, -0.25) is 4.57 Å². The molecule has 28 heavy (non-hydrogen) atoms. The molecular weight excluding hydrogens is 384 g/mol. The zero-order valence-corrected chi connectivity index (χ0v) is 16.3. The van der Waals surface area contributed by atoms with E-state index < -0.39 is 11.6 Å². The van der Waals surface area contributed by atoms with Crippen molar-refractivity contribution in [3.05, 3.63) is 66.3 Å². The first-order chi connectivity index (χ1) is 13.5. The Kier molecular flexibility index (Phi) is 6.30. The molecule has 146 valence electrons. The number of hydrogen-bond donors (Lipinski definition) is 0. The van der Waals surface area contributed by atoms with E-state index in [2.05, 4.69) is 16.8 Å². The Balaban J connectivity index is 1.94. The molecule has 0 saturated heterocycles. The molecular formula is C20H19F2N3O2S. The molecule has 0 N–H and O–H groups in total. The first kappa shape index (κ1) is 19.9. The third-order valence-corrected chi connectivity index (χ3v) is 5.02. The van der Waals surface area contributed by atoms with Crippen molar-refractivity contribution in [3.8, 4) is 22.9 Å². The third kappa shape index (κ3) is 4.33. The van der Waals surface area contributed by atoms with E-state index in [0.29, 0.717) is 29.0 Å². The fourth-order valence-corrected chi connectivity index (χ4v) is 3.56. The second kappa shape index (κ2) is 8.88. The van der Waals surface area contributed by atoms with Gasteiger partial charge >= 0.3 is 0 Å². The second-order valence-corrected chi connectivity index (χ2v) is 6.77. The summed E-state index contributed by atoms with van der Waals surface area (Å²) in [5.41, 5.74) is 1.03. The van der Waals surface area contributed by atoms with Crippen molar-refractivity contribution in [2.24, 2.45) is 0 Å². The zero-order valence-electron chi connectivity index (χ0n) is 15.5. The van der Waals surface area contributed by atoms with Crippen LogP contribution in [0, 0.1) is 11.6 Å². The lowest BCUT2D eigenvalue weighted by atomic mass is 10.2. The number of aromatic nitrogens is 3. The summed E-state index contributed by atoms with van der Waals surface area (Å²) in [7, 11) is 3.14. The van der Waals surface area contributed by atoms with Gasteiger partial charge in [0, 0.05) is 29.5 Å². The summed E-state index contributed by atoms with van der Waals surface area (Å²) in [6.07, 6.45) is 1.72. The first-order valence-corrected chi connectivity index (χ1v) is 9.38. The highest BCUT2D eigenvalue weighted by atomic mass is 32.2. The zero-order chi connectivity index (χ0) is 20.1. The van der Waals surface area contributed by atoms with Crippen molar-refractivity contribution in [1.82, 2.24) is 14.8 Å². The molecule has 0 spiro atoms. The van der Waals surface area contributed by atoms with Crippen LogP contribution < -0.4 is 9.47 Å². The average Bonchev–Trinajstić information content (AvgIpc) is 3.11. The Labute approximate surface area is 166 Å². The van der Waals surface area contributed by atoms with E-state index >= 15 is 0 Å². The number of rotatable bonds is 8. The Morgan fingerprint density at radius 1 is 1.07 bits per heavy atom. The lowest BCUT2D eigenvalue weighted by Crippen LogP contribution is -2.01. The predicted molar refractivity (Wildman–Crippen MR) is 105 cm³/mol. The maximum atomic E-state index is 13.9. The Morgan fingerprint density at radius 3 is 2.43 bits per heavy atom. The minimum absolute atomic E-state index is 0.223. The molecule has 0 fully saturated rings. The van der Waals surface area contributed by atoms with Crippen molar-refractivity contribution >= 4 is 11.8 Å². The van der Waals surface area contributed by atoms with Gasteiger partial charge in [-0.15, -0.1) is 16.8 Å². The Hall–Kier alpha value is -2.87. The summed E-state index contributed by atoms with van der Waals surface area (Å²) in [5.74, 6) is 1.13. The number of benzene rings is 2. The summed E-state index contributed by atoms with van der Waals surface area (Å²) in [6.45, 7) is 4.23. The number of thioether (sulfide) groups is 1. The van der Waals surface area contributed by atoms with Gasteiger partial charge in [-0.1, -0.05) is 17.8 Å². The number of allylic oxidation sites excluding steroid dienone is 1. The minimum atomic E-state index is -0.478. The van der Waals surface area contributed by atoms with Crippen LogP contribution in [-0.2, 0) is 12.3 Å². The molecule has 3 rings (SSSR count). The van der Waals surface area contributed by atoms with Crippen molar-refractivity contribution in [2.75, 3.05) is 14.2 Å². The molecule has 1 heterocycles. The van der Waals surface area contributed by atoms with Gasteiger partial charge in [-0.05, 0) is 30.3 Å². The van der Waals surface area contributed by atoms with Crippen LogP contribution in [0.4, 0.5) is 8.78 Å². The average molecular weight is 403 g/mol. The van der Waals surface area contributed by atoms with Crippen LogP contribution in [0.25, 0.3) is 11.4 Å². The van der Waals surface area contributed by atoms with Gasteiger partial charge in [0.25, 0.3) is 0 Å². The van der Waals surface area contributed by atoms with Crippen LogP contribution in [0.5, 0.6) is 11.5 Å². The van der Waals surface area contributed by atoms with E-state index in [9.17, 15) is 8.78 Å². The maximum Gasteiger partial charge on any atom is 0.192 e. The van der Waals surface area contributed by atoms with Crippen LogP contribution in [0.2, 0.25) is 0 Å². The molecule has 0 amide bonds. The lowest BCUT2D eigenvalue weighted by Gasteiger charge is -2.11. The smallest absolute Gasteiger partial charge is 0.192 e. The summed E-state index contributed by atoms with van der Waals surface area (Å²) in [5, 5.41) is 9.06. The number of methoxy groups -OCH3 is 2. The fourth-order valence-electron chi connectivity index (χ4n) is 2.64. The van der Waals surface area contributed by atoms with Gasteiger partial charge in [0.15, 0.2) is 11.0 Å². The Bertz CT molecular complexity index is 969. The van der Waals surface area contributed by atoms with Gasteiger partial charge < -0.3 is 9.47 Å². The molecule has 1 aromatic heterocycles. The van der Waals surface area contributed by atoms with Gasteiger partial charge in [-0.25, -0.2) is 8.78 Å². The molecule has 0 aliphatic carbocycles. The molecule has 3 aromatic rings. The second-order valence-electron chi connectivity index (χ2n) is 5.83. The fraction of sp³-hybridized carbons (Fsp3) is 0.200. The largest absolute Gasteiger partial charge is 0.497 e. The number of ether oxygens (including phenoxy) is 2. The maximum absolute atomic E-state index is 13.9. The normalized spacial score (nSPS) is 10.7. The predicted octanol–water partition coefficient (Wildman–Crippen LogP) is 4.72. The van der Waals surface area contributed by atoms with Gasteiger partial charge in [-0.2, -0.15) is 0 Å². The topological polar surface area (TPSA) is 49.2 Å². The molecule has 0 bridgehead atoms. The van der Waals surface area contributed by atoms with E-state index in [-0.39, 0.29) is 11.3 Å². The number of nitrogens with zero attached hydrogens (tertiary/aromatic N) is 3. The van der Waals surface area contributed by atoms with Gasteiger partial charge in [0.2, 0.25) is 0 Å². The summed E-state index contributed by atoms with van der Waals surface area (Å²) < 4.78 is 39.8. The van der Waals surface area contributed by atoms with E-state index in [4.69, 9.17) is 9.47 Å². The summed E-state index contributed by atoms with van der Waals surface area (Å²) in [6, 6.07) is 8.82. The molecule has 0 saturated carbocycles. The number of hydrogen-bond acceptors (Lipinski definition) is 5. The summed E-state index contributed by atoms with van der Waals surface area (Å²) in [4.78, 5) is 0. The molecule has 2 aromatic carbocycles. The minimum Gasteiger partial charge on any atom is -0.497 e. The van der Waals surface area contributed by atoms with Gasteiger partial charge in [0.1, 0.15) is 23.1 Å². The van der Waals surface area contributed by atoms with Gasteiger partial charge in [0.05, 0.1) is 14.2 Å². The highest BCUT2D eigenvalue weighted by molar-refractivity contribution is 7.98. The van der Waals surface area contributed by atoms with Crippen molar-refractivity contribution in [2.45, 2.75) is 17.5 Å². The monoisotopic (exact) mass is 403 g/mol. The Morgan fingerprint density at radius 2 is 1.79 bits per heavy atom. The van der Waals surface area contributed by atoms with Crippen LogP contribution >= 0.6 is 11.8 Å². The highest BCUT2D eigenvalue weighted by Gasteiger charge is 2.16. The van der Waals surface area contributed by atoms with E-state index in [0.717, 1.165) is 17.7 Å². The van der Waals surface area contributed by atoms with Crippen molar-refractivity contribution in [3.63, 3.8) is 0 Å². The van der Waals surface area contributed by atoms with E-state index in [1.54, 1.807) is 26.4 Å². The van der Waals surface area contributed by atoms with Crippen molar-refractivity contribution in [1.29, 1.82) is 0 Å². The molecule has 8 heteroatoms. The molecule has 0 aliphatic heterocycles. The highest BCUT2D eigenvalue weighted by Crippen LogP contribution is 2.32. The quantitative estimate of drug-likeness (QED) is 0.402. The van der Waals surface area contributed by atoms with E-state index in [1.165, 1.54) is 17.8 Å². The lowest BCUT2D eigenvalue weighted by molar-refractivity contribution is 0.394. The molecule has 0 aliphatic rings. The summed E-state index contributed by atoms with van der Waals surface area (Å²) >= 11 is 1.27.